The van der Waals surface area contributed by atoms with E-state index in [0.29, 0.717) is 0 Å². The van der Waals surface area contributed by atoms with Gasteiger partial charge in [0, 0.05) is 11.8 Å². The Morgan fingerprint density at radius 3 is 2.65 bits per heavy atom. The maximum atomic E-state index is 11.2. The molecule has 1 aromatic heterocycles. The highest BCUT2D eigenvalue weighted by molar-refractivity contribution is 5.18. The van der Waals surface area contributed by atoms with Crippen molar-refractivity contribution in [2.24, 2.45) is 0 Å². The van der Waals surface area contributed by atoms with Crippen LogP contribution in [-0.2, 0) is 12.8 Å². The number of aromatic amines is 1. The summed E-state index contributed by atoms with van der Waals surface area (Å²) in [6, 6.07) is 11.8. The first-order chi connectivity index (χ1) is 8.24. The third kappa shape index (κ3) is 3.45. The number of aromatic nitrogens is 2. The van der Waals surface area contributed by atoms with Crippen LogP contribution in [0.3, 0.4) is 0 Å². The fourth-order valence-electron chi connectivity index (χ4n) is 1.77. The summed E-state index contributed by atoms with van der Waals surface area (Å²) in [6.45, 7) is 0. The minimum Gasteiger partial charge on any atom is -0.369 e. The summed E-state index contributed by atoms with van der Waals surface area (Å²) in [7, 11) is 0. The van der Waals surface area contributed by atoms with E-state index in [0.717, 1.165) is 25.0 Å². The summed E-state index contributed by atoms with van der Waals surface area (Å²) in [5.74, 6) is 0.187. The highest BCUT2D eigenvalue weighted by atomic mass is 16.1. The number of aryl methyl sites for hydroxylation is 2. The van der Waals surface area contributed by atoms with E-state index in [1.54, 1.807) is 0 Å². The van der Waals surface area contributed by atoms with E-state index in [4.69, 9.17) is 5.73 Å². The maximum Gasteiger partial charge on any atom is 0.252 e. The molecule has 0 aliphatic carbocycles. The van der Waals surface area contributed by atoms with Crippen molar-refractivity contribution >= 4 is 5.95 Å². The smallest absolute Gasteiger partial charge is 0.252 e. The first kappa shape index (κ1) is 11.4. The molecule has 3 N–H and O–H groups in total. The Hall–Kier alpha value is -2.10. The third-order valence-electron chi connectivity index (χ3n) is 2.55. The van der Waals surface area contributed by atoms with Crippen LogP contribution < -0.4 is 11.3 Å². The van der Waals surface area contributed by atoms with Crippen molar-refractivity contribution in [2.45, 2.75) is 19.3 Å². The molecule has 0 amide bonds. The van der Waals surface area contributed by atoms with Crippen molar-refractivity contribution in [1.82, 2.24) is 9.97 Å². The van der Waals surface area contributed by atoms with Crippen molar-refractivity contribution in [1.29, 1.82) is 0 Å². The van der Waals surface area contributed by atoms with Gasteiger partial charge in [-0.15, -0.1) is 0 Å². The molecular formula is C13H15N3O. The molecule has 0 saturated heterocycles. The number of hydrogen-bond donors (Lipinski definition) is 2. The summed E-state index contributed by atoms with van der Waals surface area (Å²) in [4.78, 5) is 17.7. The van der Waals surface area contributed by atoms with Gasteiger partial charge in [0.05, 0.1) is 0 Å². The fourth-order valence-corrected chi connectivity index (χ4v) is 1.77. The second-order valence-corrected chi connectivity index (χ2v) is 3.96. The minimum atomic E-state index is -0.188. The summed E-state index contributed by atoms with van der Waals surface area (Å²) >= 11 is 0. The Labute approximate surface area is 99.5 Å². The van der Waals surface area contributed by atoms with E-state index in [1.165, 1.54) is 11.6 Å². The van der Waals surface area contributed by atoms with Crippen LogP contribution in [0.2, 0.25) is 0 Å². The topological polar surface area (TPSA) is 71.8 Å². The van der Waals surface area contributed by atoms with Gasteiger partial charge in [0.25, 0.3) is 5.56 Å². The lowest BCUT2D eigenvalue weighted by Crippen LogP contribution is -2.12. The molecule has 88 valence electrons. The first-order valence-electron chi connectivity index (χ1n) is 5.64. The van der Waals surface area contributed by atoms with Crippen LogP contribution in [0.5, 0.6) is 0 Å². The average molecular weight is 229 g/mol. The zero-order chi connectivity index (χ0) is 12.1. The van der Waals surface area contributed by atoms with Crippen molar-refractivity contribution in [3.8, 4) is 0 Å². The van der Waals surface area contributed by atoms with Gasteiger partial charge >= 0.3 is 0 Å². The lowest BCUT2D eigenvalue weighted by Gasteiger charge is -2.02. The number of nitrogens with zero attached hydrogens (tertiary/aromatic N) is 1. The van der Waals surface area contributed by atoms with Crippen LogP contribution in [0.4, 0.5) is 5.95 Å². The number of rotatable bonds is 4. The predicted octanol–water partition coefficient (Wildman–Crippen LogP) is 1.53. The van der Waals surface area contributed by atoms with Crippen molar-refractivity contribution in [3.63, 3.8) is 0 Å². The SMILES string of the molecule is Nc1nc(CCCc2ccccc2)cc(=O)[nH]1. The Kier molecular flexibility index (Phi) is 3.55. The molecular weight excluding hydrogens is 214 g/mol. The van der Waals surface area contributed by atoms with Crippen LogP contribution in [0.15, 0.2) is 41.2 Å². The number of hydrogen-bond acceptors (Lipinski definition) is 3. The second-order valence-electron chi connectivity index (χ2n) is 3.96. The van der Waals surface area contributed by atoms with Gasteiger partial charge < -0.3 is 5.73 Å². The summed E-state index contributed by atoms with van der Waals surface area (Å²) < 4.78 is 0. The van der Waals surface area contributed by atoms with Gasteiger partial charge in [0.15, 0.2) is 0 Å². The van der Waals surface area contributed by atoms with Gasteiger partial charge in [-0.2, -0.15) is 0 Å². The van der Waals surface area contributed by atoms with Crippen LogP contribution >= 0.6 is 0 Å². The van der Waals surface area contributed by atoms with E-state index < -0.39 is 0 Å². The monoisotopic (exact) mass is 229 g/mol. The highest BCUT2D eigenvalue weighted by Gasteiger charge is 1.99. The lowest BCUT2D eigenvalue weighted by atomic mass is 10.1. The van der Waals surface area contributed by atoms with Crippen LogP contribution in [0, 0.1) is 0 Å². The quantitative estimate of drug-likeness (QED) is 0.835. The zero-order valence-corrected chi connectivity index (χ0v) is 9.52. The molecule has 0 spiro atoms. The van der Waals surface area contributed by atoms with Gasteiger partial charge in [-0.05, 0) is 24.8 Å². The first-order valence-corrected chi connectivity index (χ1v) is 5.64. The molecule has 0 unspecified atom stereocenters. The molecule has 0 bridgehead atoms. The molecule has 4 heteroatoms. The van der Waals surface area contributed by atoms with E-state index >= 15 is 0 Å². The number of nitrogens with one attached hydrogen (secondary N) is 1. The van der Waals surface area contributed by atoms with Crippen molar-refractivity contribution in [3.05, 3.63) is 58.0 Å². The van der Waals surface area contributed by atoms with E-state index in [9.17, 15) is 4.79 Å². The van der Waals surface area contributed by atoms with E-state index in [1.807, 2.05) is 18.2 Å². The highest BCUT2D eigenvalue weighted by Crippen LogP contribution is 2.05. The van der Waals surface area contributed by atoms with E-state index in [2.05, 4.69) is 22.1 Å². The molecule has 0 aliphatic rings. The Morgan fingerprint density at radius 2 is 1.94 bits per heavy atom. The van der Waals surface area contributed by atoms with Crippen LogP contribution in [0.1, 0.15) is 17.7 Å². The normalized spacial score (nSPS) is 10.4. The molecule has 0 aliphatic heterocycles. The number of benzene rings is 1. The molecule has 4 nitrogen and oxygen atoms in total. The zero-order valence-electron chi connectivity index (χ0n) is 9.52. The van der Waals surface area contributed by atoms with E-state index in [-0.39, 0.29) is 11.5 Å². The maximum absolute atomic E-state index is 11.2. The molecule has 0 fully saturated rings. The largest absolute Gasteiger partial charge is 0.369 e. The summed E-state index contributed by atoms with van der Waals surface area (Å²) in [6.07, 6.45) is 2.71. The molecule has 2 rings (SSSR count). The van der Waals surface area contributed by atoms with Crippen LogP contribution in [-0.4, -0.2) is 9.97 Å². The molecule has 1 aromatic carbocycles. The molecule has 17 heavy (non-hydrogen) atoms. The Morgan fingerprint density at radius 1 is 1.18 bits per heavy atom. The minimum absolute atomic E-state index is 0.187. The number of H-pyrrole nitrogens is 1. The summed E-state index contributed by atoms with van der Waals surface area (Å²) in [5, 5.41) is 0. The van der Waals surface area contributed by atoms with Crippen LogP contribution in [0.25, 0.3) is 0 Å². The molecule has 0 saturated carbocycles. The third-order valence-corrected chi connectivity index (χ3v) is 2.55. The van der Waals surface area contributed by atoms with Gasteiger partial charge in [0.2, 0.25) is 5.95 Å². The Bertz CT molecular complexity index is 534. The lowest BCUT2D eigenvalue weighted by molar-refractivity contribution is 0.794. The number of nitrogens with two attached hydrogens (primary N) is 1. The molecule has 2 aromatic rings. The van der Waals surface area contributed by atoms with Crippen molar-refractivity contribution in [2.75, 3.05) is 5.73 Å². The fraction of sp³-hybridized carbons (Fsp3) is 0.231. The molecule has 0 radical (unpaired) electrons. The number of nitrogen functional groups attached to an aromatic ring is 1. The average Bonchev–Trinajstić information content (AvgIpc) is 2.29. The van der Waals surface area contributed by atoms with Crippen molar-refractivity contribution < 1.29 is 0 Å². The summed E-state index contributed by atoms with van der Waals surface area (Å²) in [5.41, 5.74) is 7.34. The predicted molar refractivity (Wildman–Crippen MR) is 67.7 cm³/mol. The van der Waals surface area contributed by atoms with Gasteiger partial charge in [0.1, 0.15) is 0 Å². The Balaban J connectivity index is 1.92. The molecule has 1 heterocycles. The standard InChI is InChI=1S/C13H15N3O/c14-13-15-11(9-12(17)16-13)8-4-7-10-5-2-1-3-6-10/h1-3,5-6,9H,4,7-8H2,(H3,14,15,16,17). The van der Waals surface area contributed by atoms with Gasteiger partial charge in [-0.3, -0.25) is 9.78 Å². The number of anilines is 1. The van der Waals surface area contributed by atoms with Gasteiger partial charge in [-0.1, -0.05) is 30.3 Å². The molecule has 0 atom stereocenters. The van der Waals surface area contributed by atoms with Gasteiger partial charge in [-0.25, -0.2) is 4.98 Å². The second kappa shape index (κ2) is 5.30.